The van der Waals surface area contributed by atoms with Gasteiger partial charge in [-0.3, -0.25) is 0 Å². The van der Waals surface area contributed by atoms with Gasteiger partial charge in [-0.1, -0.05) is 18.2 Å². The predicted molar refractivity (Wildman–Crippen MR) is 77.8 cm³/mol. The molecule has 0 N–H and O–H groups in total. The summed E-state index contributed by atoms with van der Waals surface area (Å²) in [6, 6.07) is 10.3. The van der Waals surface area contributed by atoms with E-state index in [4.69, 9.17) is 13.3 Å². The highest BCUT2D eigenvalue weighted by molar-refractivity contribution is 8.00. The van der Waals surface area contributed by atoms with Crippen LogP contribution in [0, 0.1) is 0 Å². The molecule has 0 aliphatic heterocycles. The summed E-state index contributed by atoms with van der Waals surface area (Å²) >= 11 is 1.73. The Morgan fingerprint density at radius 1 is 0.889 bits per heavy atom. The Balaban J connectivity index is 2.64. The summed E-state index contributed by atoms with van der Waals surface area (Å²) < 4.78 is 17.4. The minimum Gasteiger partial charge on any atom is -0.373 e. The van der Waals surface area contributed by atoms with E-state index in [1.165, 1.54) is 4.90 Å². The highest BCUT2D eigenvalue weighted by Gasteiger charge is 2.40. The smallest absolute Gasteiger partial charge is 0.373 e. The zero-order chi connectivity index (χ0) is 13.3. The molecule has 0 bridgehead atoms. The molecule has 1 aromatic rings. The second-order valence-electron chi connectivity index (χ2n) is 3.58. The third-order valence-electron chi connectivity index (χ3n) is 2.25. The van der Waals surface area contributed by atoms with Crippen molar-refractivity contribution in [3.63, 3.8) is 0 Å². The van der Waals surface area contributed by atoms with Gasteiger partial charge in [-0.2, -0.15) is 0 Å². The molecule has 3 nitrogen and oxygen atoms in total. The fourth-order valence-corrected chi connectivity index (χ4v) is 5.89. The lowest BCUT2D eigenvalue weighted by atomic mass is 10.4. The Morgan fingerprint density at radius 3 is 1.83 bits per heavy atom. The Kier molecular flexibility index (Phi) is 7.61. The van der Waals surface area contributed by atoms with E-state index in [0.717, 1.165) is 5.38 Å². The van der Waals surface area contributed by atoms with Gasteiger partial charge < -0.3 is 13.3 Å². The third-order valence-corrected chi connectivity index (χ3v) is 7.03. The van der Waals surface area contributed by atoms with Crippen molar-refractivity contribution < 1.29 is 13.3 Å². The van der Waals surface area contributed by atoms with Crippen LogP contribution in [0.1, 0.15) is 20.8 Å². The van der Waals surface area contributed by atoms with Crippen LogP contribution in [0.5, 0.6) is 0 Å². The highest BCUT2D eigenvalue weighted by Crippen LogP contribution is 2.23. The zero-order valence-electron chi connectivity index (χ0n) is 11.3. The minimum atomic E-state index is -2.52. The molecule has 0 aliphatic rings. The average molecular weight is 286 g/mol. The van der Waals surface area contributed by atoms with Gasteiger partial charge in [-0.25, -0.2) is 0 Å². The maximum absolute atomic E-state index is 5.81. The fraction of sp³-hybridized carbons (Fsp3) is 0.538. The first-order valence-electron chi connectivity index (χ1n) is 6.36. The SMILES string of the molecule is CCO[Si](CSc1ccccc1)(OCC)OCC. The molecule has 18 heavy (non-hydrogen) atoms. The van der Waals surface area contributed by atoms with Crippen molar-refractivity contribution in [2.24, 2.45) is 0 Å². The second-order valence-corrected chi connectivity index (χ2v) is 7.73. The molecule has 0 heterocycles. The van der Waals surface area contributed by atoms with Crippen LogP contribution in [0.2, 0.25) is 0 Å². The number of hydrogen-bond acceptors (Lipinski definition) is 4. The number of rotatable bonds is 9. The average Bonchev–Trinajstić information content (AvgIpc) is 2.39. The molecular formula is C13H22O3SSi. The number of benzene rings is 1. The van der Waals surface area contributed by atoms with E-state index in [1.807, 2.05) is 39.0 Å². The van der Waals surface area contributed by atoms with Crippen LogP contribution in [0.25, 0.3) is 0 Å². The van der Waals surface area contributed by atoms with E-state index in [2.05, 4.69) is 12.1 Å². The molecule has 0 saturated heterocycles. The molecular weight excluding hydrogens is 264 g/mol. The maximum Gasteiger partial charge on any atom is 0.511 e. The van der Waals surface area contributed by atoms with Crippen molar-refractivity contribution in [1.29, 1.82) is 0 Å². The Hall–Kier alpha value is -0.333. The monoisotopic (exact) mass is 286 g/mol. The molecule has 0 radical (unpaired) electrons. The van der Waals surface area contributed by atoms with Gasteiger partial charge in [-0.05, 0) is 32.9 Å². The molecule has 5 heteroatoms. The maximum atomic E-state index is 5.81. The Labute approximate surface area is 115 Å². The van der Waals surface area contributed by atoms with Crippen molar-refractivity contribution in [3.05, 3.63) is 30.3 Å². The molecule has 1 rings (SSSR count). The minimum absolute atomic E-state index is 0.627. The first-order valence-corrected chi connectivity index (χ1v) is 9.27. The van der Waals surface area contributed by atoms with Crippen LogP contribution >= 0.6 is 11.8 Å². The van der Waals surface area contributed by atoms with E-state index in [1.54, 1.807) is 11.8 Å². The molecule has 0 saturated carbocycles. The van der Waals surface area contributed by atoms with E-state index < -0.39 is 8.80 Å². The van der Waals surface area contributed by atoms with Gasteiger partial charge in [0.05, 0.1) is 5.38 Å². The van der Waals surface area contributed by atoms with Gasteiger partial charge in [0, 0.05) is 24.7 Å². The standard InChI is InChI=1S/C13H22O3SSi/c1-4-14-18(15-5-2,16-6-3)12-17-13-10-8-7-9-11-13/h7-11H,4-6,12H2,1-3H3. The first kappa shape index (κ1) is 15.7. The van der Waals surface area contributed by atoms with E-state index in [9.17, 15) is 0 Å². The zero-order valence-corrected chi connectivity index (χ0v) is 13.2. The Morgan fingerprint density at radius 2 is 1.39 bits per heavy atom. The summed E-state index contributed by atoms with van der Waals surface area (Å²) in [4.78, 5) is 1.22. The molecule has 1 aromatic carbocycles. The van der Waals surface area contributed by atoms with Gasteiger partial charge >= 0.3 is 8.80 Å². The lowest BCUT2D eigenvalue weighted by molar-refractivity contribution is 0.0773. The summed E-state index contributed by atoms with van der Waals surface area (Å²) in [7, 11) is -2.52. The lowest BCUT2D eigenvalue weighted by Crippen LogP contribution is -2.49. The largest absolute Gasteiger partial charge is 0.511 e. The predicted octanol–water partition coefficient (Wildman–Crippen LogP) is 3.37. The van der Waals surface area contributed by atoms with E-state index in [-0.39, 0.29) is 0 Å². The van der Waals surface area contributed by atoms with Gasteiger partial charge in [0.2, 0.25) is 0 Å². The normalized spacial score (nSPS) is 11.7. The Bertz CT molecular complexity index is 304. The number of thioether (sulfide) groups is 1. The quantitative estimate of drug-likeness (QED) is 0.514. The molecule has 0 amide bonds. The topological polar surface area (TPSA) is 27.7 Å². The number of hydrogen-bond donors (Lipinski definition) is 0. The van der Waals surface area contributed by atoms with Gasteiger partial charge in [0.25, 0.3) is 0 Å². The molecule has 0 atom stereocenters. The van der Waals surface area contributed by atoms with Crippen LogP contribution in [-0.2, 0) is 13.3 Å². The van der Waals surface area contributed by atoms with Crippen molar-refractivity contribution in [2.45, 2.75) is 25.7 Å². The summed E-state index contributed by atoms with van der Waals surface area (Å²) in [5.74, 6) is 0. The van der Waals surface area contributed by atoms with Crippen molar-refractivity contribution in [3.8, 4) is 0 Å². The third kappa shape index (κ3) is 5.12. The molecule has 0 spiro atoms. The highest BCUT2D eigenvalue weighted by atomic mass is 32.2. The van der Waals surface area contributed by atoms with E-state index in [0.29, 0.717) is 19.8 Å². The van der Waals surface area contributed by atoms with Crippen LogP contribution in [0.15, 0.2) is 35.2 Å². The molecule has 0 aliphatic carbocycles. The van der Waals surface area contributed by atoms with Crippen molar-refractivity contribution >= 4 is 20.6 Å². The summed E-state index contributed by atoms with van der Waals surface area (Å²) in [6.07, 6.45) is 0. The fourth-order valence-electron chi connectivity index (χ4n) is 1.60. The van der Waals surface area contributed by atoms with Gasteiger partial charge in [0.1, 0.15) is 0 Å². The van der Waals surface area contributed by atoms with Crippen molar-refractivity contribution in [2.75, 3.05) is 25.2 Å². The van der Waals surface area contributed by atoms with Gasteiger partial charge in [0.15, 0.2) is 0 Å². The van der Waals surface area contributed by atoms with E-state index >= 15 is 0 Å². The molecule has 0 unspecified atom stereocenters. The summed E-state index contributed by atoms with van der Waals surface area (Å²) in [5.41, 5.74) is 0. The van der Waals surface area contributed by atoms with Crippen LogP contribution in [0.4, 0.5) is 0 Å². The van der Waals surface area contributed by atoms with Crippen molar-refractivity contribution in [1.82, 2.24) is 0 Å². The van der Waals surface area contributed by atoms with Gasteiger partial charge in [-0.15, -0.1) is 11.8 Å². The first-order chi connectivity index (χ1) is 8.76. The molecule has 0 aromatic heterocycles. The molecule has 102 valence electrons. The molecule has 0 fully saturated rings. The van der Waals surface area contributed by atoms with Crippen LogP contribution in [0.3, 0.4) is 0 Å². The summed E-state index contributed by atoms with van der Waals surface area (Å²) in [6.45, 7) is 7.82. The summed E-state index contributed by atoms with van der Waals surface area (Å²) in [5, 5.41) is 0.756. The second kappa shape index (κ2) is 8.71. The van der Waals surface area contributed by atoms with Crippen LogP contribution in [-0.4, -0.2) is 34.0 Å². The lowest BCUT2D eigenvalue weighted by Gasteiger charge is -2.28. The van der Waals surface area contributed by atoms with Crippen LogP contribution < -0.4 is 0 Å².